The zero-order chi connectivity index (χ0) is 24.2. The highest BCUT2D eigenvalue weighted by Gasteiger charge is 2.39. The van der Waals surface area contributed by atoms with Gasteiger partial charge >= 0.3 is 6.03 Å². The molecule has 2 aromatic rings. The van der Waals surface area contributed by atoms with Crippen LogP contribution >= 0.6 is 11.6 Å². The van der Waals surface area contributed by atoms with Gasteiger partial charge in [0.05, 0.1) is 24.1 Å². The molecule has 0 bridgehead atoms. The second-order valence-corrected chi connectivity index (χ2v) is 8.78. The molecule has 1 fully saturated rings. The average Bonchev–Trinajstić information content (AvgIpc) is 2.81. The highest BCUT2D eigenvalue weighted by Crippen LogP contribution is 2.32. The molecule has 3 atom stereocenters. The summed E-state index contributed by atoms with van der Waals surface area (Å²) in [7, 11) is 3.34. The first kappa shape index (κ1) is 23.8. The molecule has 3 N–H and O–H groups in total. The average molecular weight is 487 g/mol. The fraction of sp³-hybridized carbons (Fsp3) is 0.375. The molecule has 4 amide bonds. The van der Waals surface area contributed by atoms with Crippen LogP contribution in [0.25, 0.3) is 0 Å². The summed E-state index contributed by atoms with van der Waals surface area (Å²) in [6.45, 7) is 0.252. The van der Waals surface area contributed by atoms with Gasteiger partial charge < -0.3 is 30.3 Å². The minimum atomic E-state index is -0.460. The van der Waals surface area contributed by atoms with Crippen LogP contribution in [0.3, 0.4) is 0 Å². The number of amides is 4. The van der Waals surface area contributed by atoms with Gasteiger partial charge in [-0.1, -0.05) is 17.7 Å². The fourth-order valence-electron chi connectivity index (χ4n) is 4.27. The molecular weight excluding hydrogens is 460 g/mol. The lowest BCUT2D eigenvalue weighted by Gasteiger charge is -2.42. The molecule has 180 valence electrons. The zero-order valence-corrected chi connectivity index (χ0v) is 19.7. The Balaban J connectivity index is 1.47. The number of benzene rings is 2. The van der Waals surface area contributed by atoms with Gasteiger partial charge in [-0.25, -0.2) is 4.79 Å². The van der Waals surface area contributed by atoms with E-state index in [1.807, 2.05) is 0 Å². The van der Waals surface area contributed by atoms with Crippen molar-refractivity contribution >= 4 is 40.8 Å². The number of hydrogen-bond acceptors (Lipinski definition) is 5. The number of hydrogen-bond donors (Lipinski definition) is 3. The van der Waals surface area contributed by atoms with Crippen molar-refractivity contribution in [3.05, 3.63) is 53.1 Å². The molecule has 0 aliphatic carbocycles. The van der Waals surface area contributed by atoms with E-state index in [-0.39, 0.29) is 43.1 Å². The van der Waals surface area contributed by atoms with E-state index in [9.17, 15) is 14.4 Å². The van der Waals surface area contributed by atoms with Crippen LogP contribution in [0, 0.1) is 0 Å². The summed E-state index contributed by atoms with van der Waals surface area (Å²) in [6.07, 6.45) is 1.10. The SMILES string of the molecule is CNC(=O)C[C@H]1CC[C@H]2[C@H](COc3ccc(NC(=O)Nc4cccc(Cl)c4)cc3C(=O)N2C)O1. The Labute approximate surface area is 202 Å². The number of fused-ring (bicyclic) bond motifs is 2. The highest BCUT2D eigenvalue weighted by atomic mass is 35.5. The van der Waals surface area contributed by atoms with Crippen LogP contribution in [-0.2, 0) is 9.53 Å². The lowest BCUT2D eigenvalue weighted by Crippen LogP contribution is -2.53. The van der Waals surface area contributed by atoms with Crippen LogP contribution in [-0.4, -0.2) is 61.7 Å². The number of likely N-dealkylation sites (N-methyl/N-ethyl adjacent to an activating group) is 1. The summed E-state index contributed by atoms with van der Waals surface area (Å²) in [6, 6.07) is 11.1. The fourth-order valence-corrected chi connectivity index (χ4v) is 4.46. The maximum Gasteiger partial charge on any atom is 0.323 e. The molecule has 2 aromatic carbocycles. The van der Waals surface area contributed by atoms with Crippen molar-refractivity contribution in [2.45, 2.75) is 37.5 Å². The Morgan fingerprint density at radius 3 is 2.62 bits per heavy atom. The maximum atomic E-state index is 13.3. The first-order valence-electron chi connectivity index (χ1n) is 11.1. The molecule has 0 spiro atoms. The summed E-state index contributed by atoms with van der Waals surface area (Å²) in [4.78, 5) is 39.1. The van der Waals surface area contributed by atoms with Gasteiger partial charge in [0.2, 0.25) is 5.91 Å². The van der Waals surface area contributed by atoms with Crippen LogP contribution in [0.1, 0.15) is 29.6 Å². The third kappa shape index (κ3) is 5.43. The lowest BCUT2D eigenvalue weighted by molar-refractivity contribution is -0.133. The summed E-state index contributed by atoms with van der Waals surface area (Å²) < 4.78 is 12.1. The topological polar surface area (TPSA) is 109 Å². The van der Waals surface area contributed by atoms with E-state index in [0.717, 1.165) is 0 Å². The van der Waals surface area contributed by atoms with Crippen LogP contribution in [0.5, 0.6) is 5.75 Å². The van der Waals surface area contributed by atoms with Crippen LogP contribution in [0.2, 0.25) is 5.02 Å². The largest absolute Gasteiger partial charge is 0.490 e. The smallest absolute Gasteiger partial charge is 0.323 e. The summed E-state index contributed by atoms with van der Waals surface area (Å²) >= 11 is 5.96. The zero-order valence-electron chi connectivity index (χ0n) is 19.0. The molecule has 34 heavy (non-hydrogen) atoms. The van der Waals surface area contributed by atoms with Gasteiger partial charge in [-0.15, -0.1) is 0 Å². The van der Waals surface area contributed by atoms with Crippen molar-refractivity contribution in [3.8, 4) is 5.75 Å². The molecular formula is C24H27ClN4O5. The minimum absolute atomic E-state index is 0.0792. The van der Waals surface area contributed by atoms with E-state index in [2.05, 4.69) is 16.0 Å². The van der Waals surface area contributed by atoms with Crippen molar-refractivity contribution < 1.29 is 23.9 Å². The van der Waals surface area contributed by atoms with Gasteiger partial charge in [-0.05, 0) is 49.2 Å². The molecule has 2 aliphatic rings. The Morgan fingerprint density at radius 2 is 1.88 bits per heavy atom. The quantitative estimate of drug-likeness (QED) is 0.613. The van der Waals surface area contributed by atoms with Crippen molar-refractivity contribution in [1.29, 1.82) is 0 Å². The third-order valence-corrected chi connectivity index (χ3v) is 6.28. The van der Waals surface area contributed by atoms with E-state index in [1.165, 1.54) is 0 Å². The van der Waals surface area contributed by atoms with Gasteiger partial charge in [-0.3, -0.25) is 9.59 Å². The first-order chi connectivity index (χ1) is 16.3. The number of urea groups is 1. The number of anilines is 2. The minimum Gasteiger partial charge on any atom is -0.490 e. The van der Waals surface area contributed by atoms with Gasteiger partial charge in [0.15, 0.2) is 0 Å². The van der Waals surface area contributed by atoms with Gasteiger partial charge in [0.1, 0.15) is 18.5 Å². The number of halogens is 1. The molecule has 4 rings (SSSR count). The predicted molar refractivity (Wildman–Crippen MR) is 128 cm³/mol. The number of carbonyl (C=O) groups excluding carboxylic acids is 3. The maximum absolute atomic E-state index is 13.3. The number of rotatable bonds is 4. The number of carbonyl (C=O) groups is 3. The Morgan fingerprint density at radius 1 is 1.12 bits per heavy atom. The summed E-state index contributed by atoms with van der Waals surface area (Å²) in [5, 5.41) is 8.57. The van der Waals surface area contributed by atoms with Crippen molar-refractivity contribution in [2.75, 3.05) is 31.3 Å². The van der Waals surface area contributed by atoms with Crippen LogP contribution < -0.4 is 20.7 Å². The molecule has 10 heteroatoms. The number of nitrogens with zero attached hydrogens (tertiary/aromatic N) is 1. The van der Waals surface area contributed by atoms with Crippen LogP contribution in [0.15, 0.2) is 42.5 Å². The molecule has 0 aromatic heterocycles. The Kier molecular flexibility index (Phi) is 7.23. The van der Waals surface area contributed by atoms with Gasteiger partial charge in [0, 0.05) is 30.5 Å². The molecule has 0 saturated carbocycles. The van der Waals surface area contributed by atoms with E-state index in [1.54, 1.807) is 61.5 Å². The van der Waals surface area contributed by atoms with E-state index in [0.29, 0.717) is 40.6 Å². The molecule has 2 heterocycles. The first-order valence-corrected chi connectivity index (χ1v) is 11.5. The molecule has 9 nitrogen and oxygen atoms in total. The summed E-state index contributed by atoms with van der Waals surface area (Å²) in [5.74, 6) is 0.106. The van der Waals surface area contributed by atoms with Gasteiger partial charge in [0.25, 0.3) is 5.91 Å². The highest BCUT2D eigenvalue weighted by molar-refractivity contribution is 6.30. The standard InChI is InChI=1S/C24H27ClN4O5/c1-26-22(30)12-17-7-8-19-21(34-17)13-33-20-9-6-16(11-18(20)23(31)29(19)2)28-24(32)27-15-5-3-4-14(25)10-15/h3-6,9-11,17,19,21H,7-8,12-13H2,1-2H3,(H,26,30)(H2,27,28,32)/t17-,19+,21+/m1/s1. The van der Waals surface area contributed by atoms with Crippen molar-refractivity contribution in [2.24, 2.45) is 0 Å². The molecule has 0 unspecified atom stereocenters. The van der Waals surface area contributed by atoms with Gasteiger partial charge in [-0.2, -0.15) is 0 Å². The normalized spacial score (nSPS) is 21.8. The van der Waals surface area contributed by atoms with E-state index in [4.69, 9.17) is 21.1 Å². The second-order valence-electron chi connectivity index (χ2n) is 8.35. The van der Waals surface area contributed by atoms with Crippen molar-refractivity contribution in [1.82, 2.24) is 10.2 Å². The molecule has 2 aliphatic heterocycles. The monoisotopic (exact) mass is 486 g/mol. The molecule has 1 saturated heterocycles. The second kappa shape index (κ2) is 10.3. The van der Waals surface area contributed by atoms with Crippen LogP contribution in [0.4, 0.5) is 16.2 Å². The van der Waals surface area contributed by atoms with E-state index >= 15 is 0 Å². The Hall–Kier alpha value is -3.30. The number of nitrogens with one attached hydrogen (secondary N) is 3. The Bertz CT molecular complexity index is 1090. The lowest BCUT2D eigenvalue weighted by atomic mass is 9.94. The summed E-state index contributed by atoms with van der Waals surface area (Å²) in [5.41, 5.74) is 1.36. The van der Waals surface area contributed by atoms with Crippen molar-refractivity contribution in [3.63, 3.8) is 0 Å². The van der Waals surface area contributed by atoms with E-state index < -0.39 is 6.03 Å². The predicted octanol–water partition coefficient (Wildman–Crippen LogP) is 3.50. The number of ether oxygens (including phenoxy) is 2. The third-order valence-electron chi connectivity index (χ3n) is 6.04. The molecule has 0 radical (unpaired) electrons.